The summed E-state index contributed by atoms with van der Waals surface area (Å²) in [5.74, 6) is -1.57. The Balaban J connectivity index is 2.99. The van der Waals surface area contributed by atoms with Gasteiger partial charge in [0.1, 0.15) is 6.73 Å². The zero-order chi connectivity index (χ0) is 14.6. The molecule has 3 N–H and O–H groups in total. The maximum Gasteiger partial charge on any atom is 0.416 e. The number of halogens is 3. The molecule has 10 heteroatoms. The molecule has 0 heterocycles. The number of carboxylic acids is 1. The van der Waals surface area contributed by atoms with Gasteiger partial charge in [-0.2, -0.15) is 17.4 Å². The van der Waals surface area contributed by atoms with Gasteiger partial charge in [0.05, 0.1) is 16.8 Å². The number of carboxylic acid groups (broad SMARTS) is 1. The van der Waals surface area contributed by atoms with Crippen LogP contribution in [-0.4, -0.2) is 26.6 Å². The van der Waals surface area contributed by atoms with Gasteiger partial charge in [-0.1, -0.05) is 0 Å². The first-order valence-corrected chi connectivity index (χ1v) is 5.67. The van der Waals surface area contributed by atoms with Crippen LogP contribution in [0.4, 0.5) is 18.9 Å². The summed E-state index contributed by atoms with van der Waals surface area (Å²) in [6.07, 6.45) is -4.66. The molecule has 0 fully saturated rings. The van der Waals surface area contributed by atoms with Gasteiger partial charge in [-0.15, -0.1) is 0 Å². The van der Waals surface area contributed by atoms with Gasteiger partial charge in [0.15, 0.2) is 0 Å². The van der Waals surface area contributed by atoms with Crippen LogP contribution in [-0.2, 0) is 21.7 Å². The Morgan fingerprint density at radius 3 is 2.53 bits per heavy atom. The van der Waals surface area contributed by atoms with Crippen molar-refractivity contribution in [3.05, 3.63) is 29.3 Å². The van der Waals surface area contributed by atoms with Crippen molar-refractivity contribution in [3.63, 3.8) is 0 Å². The van der Waals surface area contributed by atoms with Crippen molar-refractivity contribution in [2.24, 2.45) is 0 Å². The van der Waals surface area contributed by atoms with E-state index in [4.69, 9.17) is 9.66 Å². The van der Waals surface area contributed by atoms with Crippen molar-refractivity contribution >= 4 is 23.0 Å². The van der Waals surface area contributed by atoms with Crippen LogP contribution in [0.15, 0.2) is 18.2 Å². The maximum absolute atomic E-state index is 12.4. The molecule has 0 aromatic heterocycles. The Labute approximate surface area is 107 Å². The smallest absolute Gasteiger partial charge is 0.416 e. The Morgan fingerprint density at radius 2 is 2.05 bits per heavy atom. The molecule has 6 nitrogen and oxygen atoms in total. The normalized spacial score (nSPS) is 13.1. The molecule has 0 saturated heterocycles. The number of benzene rings is 1. The van der Waals surface area contributed by atoms with Crippen LogP contribution in [0.3, 0.4) is 0 Å². The van der Waals surface area contributed by atoms with Crippen molar-refractivity contribution in [1.29, 1.82) is 0 Å². The summed E-state index contributed by atoms with van der Waals surface area (Å²) in [6, 6.07) is 2.04. The molecule has 1 aromatic rings. The second kappa shape index (κ2) is 5.99. The van der Waals surface area contributed by atoms with E-state index < -0.39 is 41.4 Å². The summed E-state index contributed by atoms with van der Waals surface area (Å²) < 4.78 is 59.9. The van der Waals surface area contributed by atoms with Gasteiger partial charge in [0, 0.05) is 0 Å². The van der Waals surface area contributed by atoms with E-state index in [0.717, 1.165) is 6.07 Å². The van der Waals surface area contributed by atoms with E-state index in [1.807, 2.05) is 0 Å². The first kappa shape index (κ1) is 15.4. The first-order chi connectivity index (χ1) is 8.71. The highest BCUT2D eigenvalue weighted by Crippen LogP contribution is 2.31. The third-order valence-electron chi connectivity index (χ3n) is 2.00. The number of alkyl halides is 3. The van der Waals surface area contributed by atoms with Crippen LogP contribution in [0.1, 0.15) is 15.9 Å². The van der Waals surface area contributed by atoms with Crippen LogP contribution in [0.25, 0.3) is 0 Å². The van der Waals surface area contributed by atoms with Gasteiger partial charge in [-0.25, -0.2) is 8.98 Å². The van der Waals surface area contributed by atoms with Crippen molar-refractivity contribution in [2.45, 2.75) is 6.18 Å². The molecule has 1 unspecified atom stereocenters. The third kappa shape index (κ3) is 4.50. The highest BCUT2D eigenvalue weighted by molar-refractivity contribution is 7.74. The molecule has 0 aliphatic heterocycles. The fourth-order valence-electron chi connectivity index (χ4n) is 1.21. The molecule has 0 radical (unpaired) electrons. The van der Waals surface area contributed by atoms with Crippen molar-refractivity contribution < 1.29 is 36.0 Å². The molecule has 1 aromatic carbocycles. The first-order valence-electron chi connectivity index (χ1n) is 4.64. The maximum atomic E-state index is 12.4. The van der Waals surface area contributed by atoms with Gasteiger partial charge >= 0.3 is 23.5 Å². The Kier molecular flexibility index (Phi) is 4.86. The summed E-state index contributed by atoms with van der Waals surface area (Å²) in [5, 5.41) is 11.1. The lowest BCUT2D eigenvalue weighted by atomic mass is 10.1. The van der Waals surface area contributed by atoms with E-state index in [9.17, 15) is 22.2 Å². The summed E-state index contributed by atoms with van der Waals surface area (Å²) >= 11 is -2.56. The lowest BCUT2D eigenvalue weighted by Gasteiger charge is -2.12. The van der Waals surface area contributed by atoms with E-state index in [-0.39, 0.29) is 5.69 Å². The van der Waals surface area contributed by atoms with E-state index >= 15 is 0 Å². The fraction of sp³-hybridized carbons (Fsp3) is 0.222. The predicted molar refractivity (Wildman–Crippen MR) is 58.7 cm³/mol. The lowest BCUT2D eigenvalue weighted by Crippen LogP contribution is -2.13. The van der Waals surface area contributed by atoms with Crippen molar-refractivity contribution in [3.8, 4) is 0 Å². The SMILES string of the molecule is O=C(O)c1cc(C(F)(F)F)ccc1NCOS(=O)O. The second-order valence-electron chi connectivity index (χ2n) is 3.22. The Hall–Kier alpha value is -1.65. The number of hydrogen-bond donors (Lipinski definition) is 3. The molecule has 0 bridgehead atoms. The zero-order valence-electron chi connectivity index (χ0n) is 9.10. The minimum absolute atomic E-state index is 0.161. The van der Waals surface area contributed by atoms with Crippen LogP contribution in [0.5, 0.6) is 0 Å². The van der Waals surface area contributed by atoms with Crippen LogP contribution >= 0.6 is 0 Å². The van der Waals surface area contributed by atoms with E-state index in [1.165, 1.54) is 0 Å². The van der Waals surface area contributed by atoms with Crippen LogP contribution in [0.2, 0.25) is 0 Å². The topological polar surface area (TPSA) is 95.9 Å². The molecular formula is C9H8F3NO5S. The number of carbonyl (C=O) groups is 1. The minimum atomic E-state index is -4.66. The van der Waals surface area contributed by atoms with E-state index in [2.05, 4.69) is 9.50 Å². The largest absolute Gasteiger partial charge is 0.478 e. The number of hydrogen-bond acceptors (Lipinski definition) is 4. The molecule has 0 aliphatic carbocycles. The molecule has 1 atom stereocenters. The highest BCUT2D eigenvalue weighted by Gasteiger charge is 2.31. The zero-order valence-corrected chi connectivity index (χ0v) is 9.92. The van der Waals surface area contributed by atoms with Gasteiger partial charge in [-0.3, -0.25) is 4.55 Å². The molecule has 0 spiro atoms. The predicted octanol–water partition coefficient (Wildman–Crippen LogP) is 1.93. The molecule has 19 heavy (non-hydrogen) atoms. The van der Waals surface area contributed by atoms with Crippen molar-refractivity contribution in [2.75, 3.05) is 12.0 Å². The summed E-state index contributed by atoms with van der Waals surface area (Å²) in [4.78, 5) is 10.8. The average Bonchev–Trinajstić information content (AvgIpc) is 2.27. The summed E-state index contributed by atoms with van der Waals surface area (Å²) in [5.41, 5.74) is -1.89. The molecule has 0 aliphatic rings. The number of rotatable bonds is 5. The molecule has 0 amide bonds. The number of nitrogens with one attached hydrogen (secondary N) is 1. The molecule has 106 valence electrons. The molecular weight excluding hydrogens is 291 g/mol. The van der Waals surface area contributed by atoms with Crippen LogP contribution < -0.4 is 5.32 Å². The lowest BCUT2D eigenvalue weighted by molar-refractivity contribution is -0.137. The second-order valence-corrected chi connectivity index (χ2v) is 3.89. The Bertz CT molecular complexity index is 505. The van der Waals surface area contributed by atoms with Gasteiger partial charge in [0.2, 0.25) is 0 Å². The summed E-state index contributed by atoms with van der Waals surface area (Å²) in [7, 11) is 0. The van der Waals surface area contributed by atoms with Gasteiger partial charge < -0.3 is 10.4 Å². The summed E-state index contributed by atoms with van der Waals surface area (Å²) in [6.45, 7) is -0.533. The van der Waals surface area contributed by atoms with Crippen molar-refractivity contribution in [1.82, 2.24) is 0 Å². The highest BCUT2D eigenvalue weighted by atomic mass is 32.2. The van der Waals surface area contributed by atoms with Crippen LogP contribution in [0, 0.1) is 0 Å². The number of anilines is 1. The van der Waals surface area contributed by atoms with Gasteiger partial charge in [0.25, 0.3) is 0 Å². The molecule has 1 rings (SSSR count). The standard InChI is InChI=1S/C9H8F3NO5S/c10-9(11,12)5-1-2-7(6(3-5)8(14)15)13-4-18-19(16)17/h1-3,13H,4H2,(H,14,15)(H,16,17). The van der Waals surface area contributed by atoms with E-state index in [0.29, 0.717) is 12.1 Å². The van der Waals surface area contributed by atoms with Gasteiger partial charge in [-0.05, 0) is 18.2 Å². The average molecular weight is 299 g/mol. The molecule has 0 saturated carbocycles. The fourth-order valence-corrected chi connectivity index (χ4v) is 1.37. The Morgan fingerprint density at radius 1 is 1.42 bits per heavy atom. The monoisotopic (exact) mass is 299 g/mol. The third-order valence-corrected chi connectivity index (χ3v) is 2.32. The minimum Gasteiger partial charge on any atom is -0.478 e. The quantitative estimate of drug-likeness (QED) is 0.568. The van der Waals surface area contributed by atoms with E-state index in [1.54, 1.807) is 0 Å². The number of aromatic carboxylic acids is 1.